The molecule has 5 nitrogen and oxygen atoms in total. The number of hydrogen-bond donors (Lipinski definition) is 2. The number of nitrogens with zero attached hydrogens (tertiary/aromatic N) is 3. The van der Waals surface area contributed by atoms with Gasteiger partial charge in [0.25, 0.3) is 0 Å². The van der Waals surface area contributed by atoms with Crippen LogP contribution in [0, 0.1) is 0 Å². The van der Waals surface area contributed by atoms with E-state index in [1.54, 1.807) is 0 Å². The average molecular weight is 464 g/mol. The molecule has 0 atom stereocenters. The third kappa shape index (κ3) is 5.16. The van der Waals surface area contributed by atoms with Crippen LogP contribution < -0.4 is 15.5 Å². The van der Waals surface area contributed by atoms with Crippen molar-refractivity contribution in [2.24, 2.45) is 0 Å². The lowest BCUT2D eigenvalue weighted by atomic mass is 9.69. The summed E-state index contributed by atoms with van der Waals surface area (Å²) in [5.41, 5.74) is 1.38. The number of benzene rings is 1. The summed E-state index contributed by atoms with van der Waals surface area (Å²) in [7, 11) is 0. The summed E-state index contributed by atoms with van der Waals surface area (Å²) in [5, 5.41) is 8.25. The van der Waals surface area contributed by atoms with Crippen LogP contribution in [0.5, 0.6) is 0 Å². The molecule has 8 heteroatoms. The first-order valence-corrected chi connectivity index (χ1v) is 11.8. The zero-order valence-electron chi connectivity index (χ0n) is 17.0. The van der Waals surface area contributed by atoms with E-state index < -0.39 is 0 Å². The maximum Gasteiger partial charge on any atom is 0.232 e. The van der Waals surface area contributed by atoms with Gasteiger partial charge in [0.05, 0.1) is 0 Å². The minimum Gasteiger partial charge on any atom is -0.361 e. The van der Waals surface area contributed by atoms with E-state index >= 15 is 0 Å². The smallest absolute Gasteiger partial charge is 0.232 e. The molecule has 4 rings (SSSR count). The monoisotopic (exact) mass is 463 g/mol. The third-order valence-corrected chi connectivity index (χ3v) is 6.88. The van der Waals surface area contributed by atoms with Crippen LogP contribution in [0.4, 0.5) is 11.8 Å². The maximum absolute atomic E-state index is 6.23. The molecule has 1 aliphatic heterocycles. The van der Waals surface area contributed by atoms with Gasteiger partial charge < -0.3 is 15.5 Å². The van der Waals surface area contributed by atoms with Crippen molar-refractivity contribution < 1.29 is 0 Å². The number of thiocarbonyl (C=S) groups is 1. The Morgan fingerprint density at radius 1 is 1.00 bits per heavy atom. The largest absolute Gasteiger partial charge is 0.361 e. The lowest BCUT2D eigenvalue weighted by Gasteiger charge is -2.38. The van der Waals surface area contributed by atoms with E-state index in [9.17, 15) is 0 Å². The predicted molar refractivity (Wildman–Crippen MR) is 129 cm³/mol. The summed E-state index contributed by atoms with van der Waals surface area (Å²) in [5.74, 6) is 1.29. The lowest BCUT2D eigenvalue weighted by molar-refractivity contribution is 0.292. The predicted octanol–water partition coefficient (Wildman–Crippen LogP) is 5.57. The molecule has 30 heavy (non-hydrogen) atoms. The fourth-order valence-electron chi connectivity index (χ4n) is 4.56. The van der Waals surface area contributed by atoms with Gasteiger partial charge in [0, 0.05) is 36.1 Å². The molecule has 0 amide bonds. The lowest BCUT2D eigenvalue weighted by Crippen LogP contribution is -2.43. The molecule has 0 unspecified atom stereocenters. The molecule has 2 N–H and O–H groups in total. The van der Waals surface area contributed by atoms with Crippen molar-refractivity contribution in [2.75, 3.05) is 29.9 Å². The van der Waals surface area contributed by atoms with Crippen molar-refractivity contribution >= 4 is 52.3 Å². The molecule has 0 radical (unpaired) electrons. The molecular formula is C22H27Cl2N5S. The van der Waals surface area contributed by atoms with Gasteiger partial charge in [-0.1, -0.05) is 54.6 Å². The number of hydrogen-bond acceptors (Lipinski definition) is 4. The molecule has 2 heterocycles. The van der Waals surface area contributed by atoms with Gasteiger partial charge in [0.15, 0.2) is 5.11 Å². The minimum atomic E-state index is 0.0600. The fourth-order valence-corrected chi connectivity index (χ4v) is 5.03. The van der Waals surface area contributed by atoms with E-state index in [0.29, 0.717) is 16.2 Å². The topological polar surface area (TPSA) is 53.1 Å². The van der Waals surface area contributed by atoms with E-state index in [1.165, 1.54) is 37.7 Å². The molecule has 1 saturated heterocycles. The van der Waals surface area contributed by atoms with Gasteiger partial charge in [-0.15, -0.1) is 0 Å². The van der Waals surface area contributed by atoms with Crippen molar-refractivity contribution in [3.8, 4) is 0 Å². The van der Waals surface area contributed by atoms with Gasteiger partial charge in [0.1, 0.15) is 11.0 Å². The Kier molecular flexibility index (Phi) is 6.96. The summed E-state index contributed by atoms with van der Waals surface area (Å²) in [6, 6.07) is 10.1. The third-order valence-electron chi connectivity index (χ3n) is 6.19. The van der Waals surface area contributed by atoms with Crippen molar-refractivity contribution in [1.29, 1.82) is 0 Å². The van der Waals surface area contributed by atoms with Crippen LogP contribution in [-0.4, -0.2) is 34.7 Å². The summed E-state index contributed by atoms with van der Waals surface area (Å²) in [4.78, 5) is 11.1. The highest BCUT2D eigenvalue weighted by Crippen LogP contribution is 2.39. The minimum absolute atomic E-state index is 0.0600. The zero-order valence-corrected chi connectivity index (χ0v) is 19.3. The Labute approximate surface area is 193 Å². The Balaban J connectivity index is 1.43. The normalized spacial score (nSPS) is 18.3. The van der Waals surface area contributed by atoms with E-state index in [4.69, 9.17) is 35.4 Å². The molecule has 0 bridgehead atoms. The first-order chi connectivity index (χ1) is 14.5. The van der Waals surface area contributed by atoms with Gasteiger partial charge in [-0.05, 0) is 55.6 Å². The Morgan fingerprint density at radius 2 is 1.70 bits per heavy atom. The first-order valence-electron chi connectivity index (χ1n) is 10.6. The fraction of sp³-hybridized carbons (Fsp3) is 0.500. The second kappa shape index (κ2) is 9.67. The standard InChI is InChI=1S/C22H27Cl2N5S/c23-17-8-6-16(7-9-17)22(10-2-1-3-11-22)15-25-21(30)28-20-26-18(24)14-19(27-20)29-12-4-5-13-29/h6-9,14H,1-5,10-13,15H2,(H2,25,26,27,28,30). The number of nitrogens with one attached hydrogen (secondary N) is 2. The molecule has 1 aromatic carbocycles. The molecule has 160 valence electrons. The van der Waals surface area contributed by atoms with E-state index in [0.717, 1.165) is 43.3 Å². The Bertz CT molecular complexity index is 878. The quantitative estimate of drug-likeness (QED) is 0.446. The number of anilines is 2. The van der Waals surface area contributed by atoms with E-state index in [2.05, 4.69) is 37.6 Å². The molecule has 2 aliphatic rings. The molecule has 1 aromatic heterocycles. The molecule has 1 aliphatic carbocycles. The zero-order chi connectivity index (χ0) is 21.0. The van der Waals surface area contributed by atoms with Crippen LogP contribution in [-0.2, 0) is 5.41 Å². The molecule has 2 aromatic rings. The SMILES string of the molecule is S=C(NCC1(c2ccc(Cl)cc2)CCCCC1)Nc1nc(Cl)cc(N2CCCC2)n1. The molecule has 1 saturated carbocycles. The maximum atomic E-state index is 6.23. The van der Waals surface area contributed by atoms with Gasteiger partial charge in [-0.25, -0.2) is 4.98 Å². The van der Waals surface area contributed by atoms with Gasteiger partial charge in [0.2, 0.25) is 5.95 Å². The average Bonchev–Trinajstić information content (AvgIpc) is 3.28. The van der Waals surface area contributed by atoms with Crippen LogP contribution in [0.15, 0.2) is 30.3 Å². The summed E-state index contributed by atoms with van der Waals surface area (Å²) < 4.78 is 0. The van der Waals surface area contributed by atoms with Gasteiger partial charge in [-0.2, -0.15) is 4.98 Å². The van der Waals surface area contributed by atoms with Crippen molar-refractivity contribution in [3.63, 3.8) is 0 Å². The van der Waals surface area contributed by atoms with Crippen molar-refractivity contribution in [1.82, 2.24) is 15.3 Å². The van der Waals surface area contributed by atoms with E-state index in [-0.39, 0.29) is 5.41 Å². The van der Waals surface area contributed by atoms with Crippen LogP contribution in [0.25, 0.3) is 0 Å². The van der Waals surface area contributed by atoms with Crippen molar-refractivity contribution in [3.05, 3.63) is 46.1 Å². The molecular weight excluding hydrogens is 437 g/mol. The Morgan fingerprint density at radius 3 is 2.40 bits per heavy atom. The van der Waals surface area contributed by atoms with Gasteiger partial charge >= 0.3 is 0 Å². The van der Waals surface area contributed by atoms with Crippen LogP contribution >= 0.6 is 35.4 Å². The highest BCUT2D eigenvalue weighted by molar-refractivity contribution is 7.80. The summed E-state index contributed by atoms with van der Waals surface area (Å²) in [6.45, 7) is 2.76. The summed E-state index contributed by atoms with van der Waals surface area (Å²) >= 11 is 17.9. The van der Waals surface area contributed by atoms with Crippen molar-refractivity contribution in [2.45, 2.75) is 50.4 Å². The number of halogens is 2. The first kappa shape index (κ1) is 21.6. The molecule has 2 fully saturated rings. The van der Waals surface area contributed by atoms with Crippen LogP contribution in [0.3, 0.4) is 0 Å². The van der Waals surface area contributed by atoms with E-state index in [1.807, 2.05) is 18.2 Å². The highest BCUT2D eigenvalue weighted by atomic mass is 35.5. The second-order valence-corrected chi connectivity index (χ2v) is 9.45. The Hall–Kier alpha value is -1.63. The second-order valence-electron chi connectivity index (χ2n) is 8.22. The molecule has 0 spiro atoms. The highest BCUT2D eigenvalue weighted by Gasteiger charge is 2.34. The van der Waals surface area contributed by atoms with Gasteiger partial charge in [-0.3, -0.25) is 0 Å². The van der Waals surface area contributed by atoms with Crippen LogP contribution in [0.1, 0.15) is 50.5 Å². The number of rotatable bonds is 5. The summed E-state index contributed by atoms with van der Waals surface area (Å²) in [6.07, 6.45) is 8.36. The number of aromatic nitrogens is 2. The van der Waals surface area contributed by atoms with Crippen LogP contribution in [0.2, 0.25) is 10.2 Å².